The number of nitriles is 1. The lowest BCUT2D eigenvalue weighted by atomic mass is 9.88. The molecule has 1 saturated carbocycles. The fraction of sp³-hybridized carbons (Fsp3) is 0.174. The van der Waals surface area contributed by atoms with Gasteiger partial charge < -0.3 is 11.5 Å². The summed E-state index contributed by atoms with van der Waals surface area (Å²) in [6.07, 6.45) is -0.733. The predicted molar refractivity (Wildman–Crippen MR) is 113 cm³/mol. The maximum atomic E-state index is 13.0. The molecule has 0 bridgehead atoms. The summed E-state index contributed by atoms with van der Waals surface area (Å²) >= 11 is 0. The topological polar surface area (TPSA) is 101 Å². The second-order valence-corrected chi connectivity index (χ2v) is 7.30. The smallest absolute Gasteiger partial charge is 0.252 e. The third-order valence-electron chi connectivity index (χ3n) is 5.10. The van der Waals surface area contributed by atoms with Crippen LogP contribution in [-0.2, 0) is 0 Å². The van der Waals surface area contributed by atoms with E-state index in [-0.39, 0.29) is 29.9 Å². The number of alkyl halides is 2. The van der Waals surface area contributed by atoms with E-state index in [0.717, 1.165) is 16.6 Å². The number of halogens is 2. The molecule has 30 heavy (non-hydrogen) atoms. The van der Waals surface area contributed by atoms with Gasteiger partial charge in [-0.1, -0.05) is 48.5 Å². The minimum atomic E-state index is -2.71. The second-order valence-electron chi connectivity index (χ2n) is 7.30. The van der Waals surface area contributed by atoms with Crippen LogP contribution >= 0.6 is 0 Å². The van der Waals surface area contributed by atoms with Gasteiger partial charge >= 0.3 is 0 Å². The van der Waals surface area contributed by atoms with Crippen molar-refractivity contribution in [1.82, 2.24) is 4.98 Å². The average molecular weight is 403 g/mol. The number of nitrogens with two attached hydrogens (primary N) is 2. The van der Waals surface area contributed by atoms with Gasteiger partial charge in [0.25, 0.3) is 5.92 Å². The first-order valence-corrected chi connectivity index (χ1v) is 9.44. The van der Waals surface area contributed by atoms with E-state index in [0.29, 0.717) is 11.1 Å². The van der Waals surface area contributed by atoms with Crippen molar-refractivity contribution in [3.63, 3.8) is 0 Å². The third-order valence-corrected chi connectivity index (χ3v) is 5.10. The van der Waals surface area contributed by atoms with Gasteiger partial charge in [0.05, 0.1) is 22.9 Å². The van der Waals surface area contributed by atoms with Crippen molar-refractivity contribution in [3.05, 3.63) is 71.8 Å². The van der Waals surface area contributed by atoms with Gasteiger partial charge in [-0.05, 0) is 12.1 Å². The van der Waals surface area contributed by atoms with Crippen molar-refractivity contribution in [2.75, 3.05) is 0 Å². The molecular formula is C23H19F2N5. The van der Waals surface area contributed by atoms with E-state index in [1.54, 1.807) is 12.1 Å². The third kappa shape index (κ3) is 3.85. The summed E-state index contributed by atoms with van der Waals surface area (Å²) in [6, 6.07) is 20.4. The fourth-order valence-corrected chi connectivity index (χ4v) is 3.44. The summed E-state index contributed by atoms with van der Waals surface area (Å²) < 4.78 is 26.1. The predicted octanol–water partition coefficient (Wildman–Crippen LogP) is 4.25. The molecule has 150 valence electrons. The maximum Gasteiger partial charge on any atom is 0.252 e. The van der Waals surface area contributed by atoms with E-state index in [9.17, 15) is 14.0 Å². The van der Waals surface area contributed by atoms with Crippen molar-refractivity contribution in [1.29, 1.82) is 5.26 Å². The average Bonchev–Trinajstić information content (AvgIpc) is 2.72. The fourth-order valence-electron chi connectivity index (χ4n) is 3.44. The Bertz CT molecular complexity index is 1200. The summed E-state index contributed by atoms with van der Waals surface area (Å²) in [5, 5.41) is 10.4. The Balaban J connectivity index is 1.70. The molecule has 5 nitrogen and oxygen atoms in total. The molecular weight excluding hydrogens is 384 g/mol. The van der Waals surface area contributed by atoms with Gasteiger partial charge in [0, 0.05) is 29.4 Å². The molecule has 0 radical (unpaired) electrons. The Morgan fingerprint density at radius 2 is 1.77 bits per heavy atom. The van der Waals surface area contributed by atoms with Gasteiger partial charge in [0.15, 0.2) is 0 Å². The zero-order valence-electron chi connectivity index (χ0n) is 16.0. The van der Waals surface area contributed by atoms with E-state index in [4.69, 9.17) is 16.5 Å². The summed E-state index contributed by atoms with van der Waals surface area (Å²) in [7, 11) is 0. The zero-order chi connectivity index (χ0) is 21.3. The van der Waals surface area contributed by atoms with Gasteiger partial charge in [-0.2, -0.15) is 5.26 Å². The molecule has 0 saturated heterocycles. The number of pyridine rings is 1. The van der Waals surface area contributed by atoms with E-state index < -0.39 is 12.0 Å². The molecule has 0 amide bonds. The highest BCUT2D eigenvalue weighted by Gasteiger charge is 2.45. The van der Waals surface area contributed by atoms with Gasteiger partial charge in [-0.3, -0.25) is 4.99 Å². The number of benzene rings is 2. The largest absolute Gasteiger partial charge is 0.397 e. The van der Waals surface area contributed by atoms with Crippen LogP contribution in [0, 0.1) is 11.3 Å². The van der Waals surface area contributed by atoms with Crippen LogP contribution in [0.4, 0.5) is 8.78 Å². The van der Waals surface area contributed by atoms with E-state index >= 15 is 0 Å². The maximum absolute atomic E-state index is 13.0. The van der Waals surface area contributed by atoms with Gasteiger partial charge in [0.2, 0.25) is 0 Å². The van der Waals surface area contributed by atoms with Crippen molar-refractivity contribution in [2.24, 2.45) is 16.5 Å². The van der Waals surface area contributed by atoms with Crippen LogP contribution < -0.4 is 11.5 Å². The molecule has 1 aliphatic carbocycles. The number of aliphatic imine (C=N–C) groups is 1. The van der Waals surface area contributed by atoms with Crippen molar-refractivity contribution >= 4 is 22.4 Å². The summed E-state index contributed by atoms with van der Waals surface area (Å²) in [4.78, 5) is 8.75. The Hall–Kier alpha value is -3.79. The molecule has 1 heterocycles. The zero-order valence-corrected chi connectivity index (χ0v) is 16.0. The first kappa shape index (κ1) is 19.5. The van der Waals surface area contributed by atoms with Crippen LogP contribution in [0.15, 0.2) is 71.2 Å². The molecule has 1 aliphatic rings. The van der Waals surface area contributed by atoms with Crippen molar-refractivity contribution < 1.29 is 8.78 Å². The molecule has 3 aromatic rings. The SMILES string of the molecule is N#C/C(C(N)=NC1CC(F)(F)C1)=C(/N)c1ccc2ccc(-c3ccccc3)nc2c1. The Labute approximate surface area is 172 Å². The molecule has 0 aliphatic heterocycles. The first-order chi connectivity index (χ1) is 14.4. The molecule has 4 rings (SSSR count). The molecule has 4 N–H and O–H groups in total. The van der Waals surface area contributed by atoms with Gasteiger partial charge in [0.1, 0.15) is 17.5 Å². The molecule has 1 aromatic heterocycles. The van der Waals surface area contributed by atoms with Crippen LogP contribution in [0.5, 0.6) is 0 Å². The normalized spacial score (nSPS) is 17.2. The summed E-state index contributed by atoms with van der Waals surface area (Å²) in [5.41, 5.74) is 15.3. The van der Waals surface area contributed by atoms with Gasteiger partial charge in [-0.25, -0.2) is 13.8 Å². The van der Waals surface area contributed by atoms with Crippen LogP contribution in [0.25, 0.3) is 27.9 Å². The lowest BCUT2D eigenvalue weighted by Crippen LogP contribution is -2.39. The Morgan fingerprint density at radius 1 is 1.07 bits per heavy atom. The number of aromatic nitrogens is 1. The molecule has 0 unspecified atom stereocenters. The molecule has 0 spiro atoms. The number of hydrogen-bond donors (Lipinski definition) is 2. The number of amidine groups is 1. The highest BCUT2D eigenvalue weighted by Crippen LogP contribution is 2.39. The number of hydrogen-bond acceptors (Lipinski definition) is 4. The second kappa shape index (κ2) is 7.56. The molecule has 2 aromatic carbocycles. The Kier molecular flexibility index (Phi) is 4.92. The van der Waals surface area contributed by atoms with Crippen molar-refractivity contribution in [2.45, 2.75) is 24.8 Å². The number of rotatable bonds is 4. The minimum Gasteiger partial charge on any atom is -0.397 e. The summed E-state index contributed by atoms with van der Waals surface area (Å²) in [6.45, 7) is 0. The van der Waals surface area contributed by atoms with Crippen LogP contribution in [0.1, 0.15) is 18.4 Å². The minimum absolute atomic E-state index is 0.0243. The van der Waals surface area contributed by atoms with Crippen molar-refractivity contribution in [3.8, 4) is 17.3 Å². The lowest BCUT2D eigenvalue weighted by molar-refractivity contribution is -0.0834. The van der Waals surface area contributed by atoms with E-state index in [1.165, 1.54) is 0 Å². The van der Waals surface area contributed by atoms with E-state index in [2.05, 4.69) is 4.99 Å². The van der Waals surface area contributed by atoms with Crippen LogP contribution in [0.2, 0.25) is 0 Å². The molecule has 7 heteroatoms. The standard InChI is InChI=1S/C23H19F2N5/c24-23(25)11-17(12-23)29-22(28)18(13-26)21(27)16-7-6-15-8-9-19(30-20(15)10-16)14-4-2-1-3-5-14/h1-10,17H,11-12,27H2,(H2,28,29)/b21-18-. The number of nitrogens with zero attached hydrogens (tertiary/aromatic N) is 3. The monoisotopic (exact) mass is 403 g/mol. The highest BCUT2D eigenvalue weighted by atomic mass is 19.3. The first-order valence-electron chi connectivity index (χ1n) is 9.44. The van der Waals surface area contributed by atoms with Gasteiger partial charge in [-0.15, -0.1) is 0 Å². The lowest BCUT2D eigenvalue weighted by Gasteiger charge is -2.32. The van der Waals surface area contributed by atoms with Crippen LogP contribution in [0.3, 0.4) is 0 Å². The van der Waals surface area contributed by atoms with E-state index in [1.807, 2.05) is 54.6 Å². The highest BCUT2D eigenvalue weighted by molar-refractivity contribution is 6.07. The quantitative estimate of drug-likeness (QED) is 0.386. The molecule has 1 fully saturated rings. The van der Waals surface area contributed by atoms with Crippen LogP contribution in [-0.4, -0.2) is 22.8 Å². The number of fused-ring (bicyclic) bond motifs is 1. The molecule has 0 atom stereocenters. The Morgan fingerprint density at radius 3 is 2.43 bits per heavy atom. The summed E-state index contributed by atoms with van der Waals surface area (Å²) in [5.74, 6) is -2.83.